The lowest BCUT2D eigenvalue weighted by molar-refractivity contribution is -0.132. The summed E-state index contributed by atoms with van der Waals surface area (Å²) in [6, 6.07) is 27.1. The van der Waals surface area contributed by atoms with E-state index in [1.165, 1.54) is 36.7 Å². The largest absolute Gasteiger partial charge is 0.478 e. The Morgan fingerprint density at radius 3 is 2.28 bits per heavy atom. The van der Waals surface area contributed by atoms with Gasteiger partial charge in [0, 0.05) is 29.9 Å². The topological polar surface area (TPSA) is 91.6 Å². The van der Waals surface area contributed by atoms with Crippen LogP contribution in [-0.4, -0.2) is 27.7 Å². The number of carbonyl (C=O) groups excluding carboxylic acids is 1. The van der Waals surface area contributed by atoms with Crippen molar-refractivity contribution in [1.82, 2.24) is 4.98 Å². The standard InChI is InChI=1S/C29H22FN3O3/c30-23-15-13-20(14-16-23)18-22(29(35)36)19-32-27(21-8-2-1-3-9-21)24-10-4-5-11-25(24)33-28(34)26-12-6-7-17-31-26/h1-17,19H,18H2,(H,33,34)(H,35,36)/b22-19-,32-27?. The van der Waals surface area contributed by atoms with Crippen molar-refractivity contribution in [3.05, 3.63) is 143 Å². The van der Waals surface area contributed by atoms with Crippen molar-refractivity contribution in [2.24, 2.45) is 4.99 Å². The highest BCUT2D eigenvalue weighted by Gasteiger charge is 2.15. The number of amides is 1. The average Bonchev–Trinajstić information content (AvgIpc) is 2.91. The number of anilines is 1. The first-order valence-corrected chi connectivity index (χ1v) is 11.1. The van der Waals surface area contributed by atoms with Gasteiger partial charge in [0.1, 0.15) is 11.5 Å². The summed E-state index contributed by atoms with van der Waals surface area (Å²) < 4.78 is 13.3. The predicted molar refractivity (Wildman–Crippen MR) is 137 cm³/mol. The zero-order chi connectivity index (χ0) is 25.3. The Bertz CT molecular complexity index is 1420. The molecule has 1 amide bonds. The summed E-state index contributed by atoms with van der Waals surface area (Å²) in [5.41, 5.74) is 3.26. The number of para-hydroxylation sites is 1. The molecule has 0 fully saturated rings. The fourth-order valence-corrected chi connectivity index (χ4v) is 3.52. The molecular weight excluding hydrogens is 457 g/mol. The van der Waals surface area contributed by atoms with E-state index in [0.717, 1.165) is 5.56 Å². The molecule has 3 aromatic carbocycles. The fraction of sp³-hybridized carbons (Fsp3) is 0.0345. The number of aliphatic carboxylic acids is 1. The first-order chi connectivity index (χ1) is 17.5. The number of carboxylic acid groups (broad SMARTS) is 1. The van der Waals surface area contributed by atoms with Gasteiger partial charge in [-0.05, 0) is 35.9 Å². The van der Waals surface area contributed by atoms with Crippen LogP contribution in [0.4, 0.5) is 10.1 Å². The first-order valence-electron chi connectivity index (χ1n) is 11.1. The molecule has 178 valence electrons. The maximum atomic E-state index is 13.3. The van der Waals surface area contributed by atoms with Gasteiger partial charge in [-0.1, -0.05) is 66.7 Å². The minimum atomic E-state index is -1.13. The van der Waals surface area contributed by atoms with E-state index < -0.39 is 11.8 Å². The smallest absolute Gasteiger partial charge is 0.333 e. The molecule has 0 radical (unpaired) electrons. The van der Waals surface area contributed by atoms with Gasteiger partial charge in [-0.15, -0.1) is 0 Å². The molecule has 0 saturated carbocycles. The number of nitrogens with zero attached hydrogens (tertiary/aromatic N) is 2. The van der Waals surface area contributed by atoms with Crippen molar-refractivity contribution in [3.8, 4) is 0 Å². The van der Waals surface area contributed by atoms with Crippen molar-refractivity contribution in [3.63, 3.8) is 0 Å². The SMILES string of the molecule is O=C(O)/C(=C\N=C(c1ccccc1)c1ccccc1NC(=O)c1ccccn1)Cc1ccc(F)cc1. The molecular formula is C29H22FN3O3. The first kappa shape index (κ1) is 24.2. The Kier molecular flexibility index (Phi) is 7.73. The van der Waals surface area contributed by atoms with Crippen LogP contribution in [0.3, 0.4) is 0 Å². The summed E-state index contributed by atoms with van der Waals surface area (Å²) in [6.45, 7) is 0. The maximum absolute atomic E-state index is 13.3. The summed E-state index contributed by atoms with van der Waals surface area (Å²) in [4.78, 5) is 33.4. The molecule has 4 rings (SSSR count). The Morgan fingerprint density at radius 2 is 1.58 bits per heavy atom. The van der Waals surface area contributed by atoms with Crippen molar-refractivity contribution < 1.29 is 19.1 Å². The van der Waals surface area contributed by atoms with E-state index in [1.54, 1.807) is 36.4 Å². The van der Waals surface area contributed by atoms with Crippen LogP contribution in [0.1, 0.15) is 27.2 Å². The number of benzene rings is 3. The number of hydrogen-bond donors (Lipinski definition) is 2. The van der Waals surface area contributed by atoms with Gasteiger partial charge in [0.05, 0.1) is 17.0 Å². The third kappa shape index (κ3) is 6.15. The van der Waals surface area contributed by atoms with Gasteiger partial charge in [0.15, 0.2) is 0 Å². The van der Waals surface area contributed by atoms with E-state index in [0.29, 0.717) is 22.5 Å². The van der Waals surface area contributed by atoms with E-state index in [-0.39, 0.29) is 23.6 Å². The van der Waals surface area contributed by atoms with Crippen LogP contribution in [-0.2, 0) is 11.2 Å². The number of rotatable bonds is 8. The Hall–Kier alpha value is -4.91. The summed E-state index contributed by atoms with van der Waals surface area (Å²) in [5, 5.41) is 12.6. The molecule has 0 saturated heterocycles. The van der Waals surface area contributed by atoms with Gasteiger partial charge in [-0.3, -0.25) is 14.8 Å². The quantitative estimate of drug-likeness (QED) is 0.257. The van der Waals surface area contributed by atoms with Crippen LogP contribution in [0, 0.1) is 5.82 Å². The average molecular weight is 480 g/mol. The van der Waals surface area contributed by atoms with Crippen molar-refractivity contribution in [1.29, 1.82) is 0 Å². The molecule has 36 heavy (non-hydrogen) atoms. The number of aromatic nitrogens is 1. The second-order valence-corrected chi connectivity index (χ2v) is 7.82. The van der Waals surface area contributed by atoms with E-state index >= 15 is 0 Å². The van der Waals surface area contributed by atoms with Crippen molar-refractivity contribution >= 4 is 23.3 Å². The third-order valence-corrected chi connectivity index (χ3v) is 5.31. The number of carboxylic acids is 1. The minimum absolute atomic E-state index is 0.0324. The molecule has 0 bridgehead atoms. The second-order valence-electron chi connectivity index (χ2n) is 7.82. The molecule has 0 unspecified atom stereocenters. The number of hydrogen-bond acceptors (Lipinski definition) is 4. The number of pyridine rings is 1. The lowest BCUT2D eigenvalue weighted by atomic mass is 10.00. The van der Waals surface area contributed by atoms with Crippen LogP contribution < -0.4 is 5.32 Å². The molecule has 1 heterocycles. The molecule has 0 aliphatic heterocycles. The van der Waals surface area contributed by atoms with E-state index in [9.17, 15) is 19.1 Å². The summed E-state index contributed by atoms with van der Waals surface area (Å²) in [6.07, 6.45) is 2.90. The molecule has 0 spiro atoms. The van der Waals surface area contributed by atoms with Crippen molar-refractivity contribution in [2.75, 3.05) is 5.32 Å². The number of nitrogens with one attached hydrogen (secondary N) is 1. The monoisotopic (exact) mass is 479 g/mol. The molecule has 6 nitrogen and oxygen atoms in total. The molecule has 4 aromatic rings. The van der Waals surface area contributed by atoms with Gasteiger partial charge in [-0.25, -0.2) is 9.18 Å². The van der Waals surface area contributed by atoms with Crippen LogP contribution in [0.5, 0.6) is 0 Å². The van der Waals surface area contributed by atoms with Gasteiger partial charge in [-0.2, -0.15) is 0 Å². The summed E-state index contributed by atoms with van der Waals surface area (Å²) in [5.74, 6) is -1.91. The molecule has 0 atom stereocenters. The van der Waals surface area contributed by atoms with Gasteiger partial charge in [0.25, 0.3) is 5.91 Å². The molecule has 0 aliphatic carbocycles. The number of halogens is 1. The highest BCUT2D eigenvalue weighted by Crippen LogP contribution is 2.22. The Morgan fingerprint density at radius 1 is 0.889 bits per heavy atom. The normalized spacial score (nSPS) is 11.7. The second kappa shape index (κ2) is 11.5. The lowest BCUT2D eigenvalue weighted by Crippen LogP contribution is -2.16. The van der Waals surface area contributed by atoms with Crippen LogP contribution in [0.15, 0.2) is 120 Å². The molecule has 7 heteroatoms. The zero-order valence-electron chi connectivity index (χ0n) is 19.1. The molecule has 1 aromatic heterocycles. The van der Waals surface area contributed by atoms with E-state index in [2.05, 4.69) is 15.3 Å². The zero-order valence-corrected chi connectivity index (χ0v) is 19.1. The molecule has 2 N–H and O–H groups in total. The van der Waals surface area contributed by atoms with Crippen LogP contribution >= 0.6 is 0 Å². The Balaban J connectivity index is 1.75. The van der Waals surface area contributed by atoms with Crippen LogP contribution in [0.2, 0.25) is 0 Å². The number of carbonyl (C=O) groups is 2. The van der Waals surface area contributed by atoms with Crippen molar-refractivity contribution in [2.45, 2.75) is 6.42 Å². The summed E-state index contributed by atoms with van der Waals surface area (Å²) >= 11 is 0. The van der Waals surface area contributed by atoms with Gasteiger partial charge in [0.2, 0.25) is 0 Å². The Labute approximate surface area is 207 Å². The van der Waals surface area contributed by atoms with Gasteiger partial charge < -0.3 is 10.4 Å². The number of aliphatic imine (C=N–C) groups is 1. The van der Waals surface area contributed by atoms with Gasteiger partial charge >= 0.3 is 5.97 Å². The van der Waals surface area contributed by atoms with Crippen LogP contribution in [0.25, 0.3) is 0 Å². The third-order valence-electron chi connectivity index (χ3n) is 5.31. The lowest BCUT2D eigenvalue weighted by Gasteiger charge is -2.13. The highest BCUT2D eigenvalue weighted by molar-refractivity contribution is 6.18. The summed E-state index contributed by atoms with van der Waals surface area (Å²) in [7, 11) is 0. The minimum Gasteiger partial charge on any atom is -0.478 e. The highest BCUT2D eigenvalue weighted by atomic mass is 19.1. The predicted octanol–water partition coefficient (Wildman–Crippen LogP) is 5.52. The van der Waals surface area contributed by atoms with E-state index in [1.807, 2.05) is 36.4 Å². The maximum Gasteiger partial charge on any atom is 0.333 e. The van der Waals surface area contributed by atoms with E-state index in [4.69, 9.17) is 0 Å². The molecule has 0 aliphatic rings. The fourth-order valence-electron chi connectivity index (χ4n) is 3.52.